The van der Waals surface area contributed by atoms with E-state index in [0.717, 1.165) is 83.2 Å². The van der Waals surface area contributed by atoms with Crippen molar-refractivity contribution in [1.82, 2.24) is 0 Å². The Balaban J connectivity index is 0.964. The van der Waals surface area contributed by atoms with E-state index in [0.29, 0.717) is 0 Å². The molecule has 0 unspecified atom stereocenters. The predicted molar refractivity (Wildman–Crippen MR) is 235 cm³/mol. The summed E-state index contributed by atoms with van der Waals surface area (Å²) in [7, 11) is 0. The SMILES string of the molecule is c1ccc2c(c1)[I-]c1cccc(-c3ccc(N(c4ccc(-c5cccc6oc7ccccc7c56)cc4)c4ccc(-c5cccc6oc7ccccc7c56)cc4)cc3)c1-2. The molecular formula is C54H33INO2-. The molecule has 9 aromatic carbocycles. The van der Waals surface area contributed by atoms with Gasteiger partial charge < -0.3 is 8.83 Å². The molecule has 0 radical (unpaired) electrons. The molecule has 11 aromatic rings. The van der Waals surface area contributed by atoms with E-state index in [9.17, 15) is 0 Å². The number of anilines is 3. The molecule has 1 aliphatic rings. The fraction of sp³-hybridized carbons (Fsp3) is 0. The van der Waals surface area contributed by atoms with Crippen molar-refractivity contribution in [2.24, 2.45) is 0 Å². The van der Waals surface area contributed by atoms with Crippen molar-refractivity contribution in [3.05, 3.63) is 207 Å². The Hall–Kier alpha value is -6.89. The number of benzene rings is 9. The van der Waals surface area contributed by atoms with Crippen LogP contribution in [-0.2, 0) is 0 Å². The van der Waals surface area contributed by atoms with Gasteiger partial charge in [0, 0.05) is 21.5 Å². The van der Waals surface area contributed by atoms with Gasteiger partial charge in [-0.1, -0.05) is 60.7 Å². The topological polar surface area (TPSA) is 29.5 Å². The van der Waals surface area contributed by atoms with Gasteiger partial charge in [0.15, 0.2) is 0 Å². The molecule has 0 saturated heterocycles. The van der Waals surface area contributed by atoms with E-state index >= 15 is 0 Å². The molecule has 3 nitrogen and oxygen atoms in total. The van der Waals surface area contributed by atoms with Gasteiger partial charge in [-0.25, -0.2) is 0 Å². The fourth-order valence-corrected chi connectivity index (χ4v) is 11.8. The number of para-hydroxylation sites is 2. The second kappa shape index (κ2) is 13.4. The summed E-state index contributed by atoms with van der Waals surface area (Å²) in [5, 5.41) is 4.55. The molecule has 0 N–H and O–H groups in total. The Morgan fingerprint density at radius 2 is 0.707 bits per heavy atom. The van der Waals surface area contributed by atoms with Crippen LogP contribution in [0.2, 0.25) is 0 Å². The summed E-state index contributed by atoms with van der Waals surface area (Å²) in [5.74, 6) is 0. The molecular weight excluding hydrogens is 822 g/mol. The van der Waals surface area contributed by atoms with Crippen LogP contribution in [0.3, 0.4) is 0 Å². The van der Waals surface area contributed by atoms with Gasteiger partial charge in [-0.3, -0.25) is 0 Å². The van der Waals surface area contributed by atoms with E-state index in [-0.39, 0.29) is 21.2 Å². The van der Waals surface area contributed by atoms with Crippen molar-refractivity contribution >= 4 is 60.9 Å². The minimum absolute atomic E-state index is 0.177. The molecule has 0 spiro atoms. The van der Waals surface area contributed by atoms with E-state index in [1.165, 1.54) is 29.4 Å². The van der Waals surface area contributed by atoms with Gasteiger partial charge in [0.2, 0.25) is 0 Å². The second-order valence-electron chi connectivity index (χ2n) is 14.8. The third kappa shape index (κ3) is 5.32. The molecule has 3 heterocycles. The standard InChI is InChI=1S/C54H33INO2/c1-4-16-46-43(10-1)52-40(13-7-17-47(52)55-46)34-22-28-37(29-23-34)56(38-30-24-35(25-31-38)41-14-8-20-50-53(41)44-11-2-5-18-48(44)57-50)39-32-26-36(27-33-39)42-15-9-21-51-54(42)45-12-3-6-19-49(45)58-51/h1-33H/q-1. The van der Waals surface area contributed by atoms with Crippen LogP contribution in [0.4, 0.5) is 17.1 Å². The first-order valence-corrected chi connectivity index (χ1v) is 21.7. The van der Waals surface area contributed by atoms with Gasteiger partial charge in [0.25, 0.3) is 0 Å². The molecule has 0 amide bonds. The zero-order valence-corrected chi connectivity index (χ0v) is 33.4. The van der Waals surface area contributed by atoms with Gasteiger partial charge >= 0.3 is 199 Å². The Morgan fingerprint density at radius 1 is 0.310 bits per heavy atom. The third-order valence-corrected chi connectivity index (χ3v) is 14.5. The van der Waals surface area contributed by atoms with Crippen molar-refractivity contribution in [2.45, 2.75) is 0 Å². The Kier molecular flexibility index (Phi) is 7.66. The fourth-order valence-electron chi connectivity index (χ4n) is 8.82. The van der Waals surface area contributed by atoms with Crippen LogP contribution >= 0.6 is 0 Å². The van der Waals surface area contributed by atoms with Crippen LogP contribution in [0, 0.1) is 7.14 Å². The maximum absolute atomic E-state index is 6.25. The van der Waals surface area contributed by atoms with Crippen LogP contribution in [0.1, 0.15) is 0 Å². The van der Waals surface area contributed by atoms with Crippen LogP contribution in [0.25, 0.3) is 88.4 Å². The van der Waals surface area contributed by atoms with Crippen LogP contribution in [-0.4, -0.2) is 0 Å². The first-order valence-electron chi connectivity index (χ1n) is 19.5. The van der Waals surface area contributed by atoms with Gasteiger partial charge in [-0.15, -0.1) is 0 Å². The zero-order valence-electron chi connectivity index (χ0n) is 31.2. The number of halogens is 1. The van der Waals surface area contributed by atoms with Crippen molar-refractivity contribution < 1.29 is 30.0 Å². The van der Waals surface area contributed by atoms with Crippen LogP contribution in [0.15, 0.2) is 209 Å². The summed E-state index contributed by atoms with van der Waals surface area (Å²) in [5.41, 5.74) is 16.8. The average molecular weight is 855 g/mol. The molecule has 0 fully saturated rings. The van der Waals surface area contributed by atoms with E-state index in [4.69, 9.17) is 8.83 Å². The summed E-state index contributed by atoms with van der Waals surface area (Å²) < 4.78 is 15.5. The molecule has 0 saturated carbocycles. The quantitative estimate of drug-likeness (QED) is 0.156. The molecule has 0 atom stereocenters. The first-order chi connectivity index (χ1) is 28.7. The number of hydrogen-bond acceptors (Lipinski definition) is 3. The van der Waals surface area contributed by atoms with Crippen molar-refractivity contribution in [1.29, 1.82) is 0 Å². The number of rotatable bonds is 6. The molecule has 0 bridgehead atoms. The summed E-state index contributed by atoms with van der Waals surface area (Å²) in [6, 6.07) is 72.0. The van der Waals surface area contributed by atoms with Crippen molar-refractivity contribution in [3.8, 4) is 44.5 Å². The van der Waals surface area contributed by atoms with Gasteiger partial charge in [0.1, 0.15) is 22.3 Å². The van der Waals surface area contributed by atoms with Crippen molar-refractivity contribution in [2.75, 3.05) is 4.90 Å². The monoisotopic (exact) mass is 854 g/mol. The number of hydrogen-bond donors (Lipinski definition) is 0. The van der Waals surface area contributed by atoms with E-state index in [1.54, 1.807) is 0 Å². The third-order valence-electron chi connectivity index (χ3n) is 11.5. The van der Waals surface area contributed by atoms with E-state index in [2.05, 4.69) is 181 Å². The zero-order chi connectivity index (χ0) is 38.2. The Morgan fingerprint density at radius 3 is 1.26 bits per heavy atom. The molecule has 1 aliphatic heterocycles. The minimum atomic E-state index is -0.177. The number of furan rings is 2. The van der Waals surface area contributed by atoms with E-state index in [1.807, 2.05) is 24.3 Å². The Labute approximate surface area is 345 Å². The van der Waals surface area contributed by atoms with Crippen LogP contribution < -0.4 is 26.1 Å². The number of fused-ring (bicyclic) bond motifs is 9. The van der Waals surface area contributed by atoms with E-state index < -0.39 is 0 Å². The maximum atomic E-state index is 6.25. The summed E-state index contributed by atoms with van der Waals surface area (Å²) in [6.45, 7) is 0. The molecule has 0 aliphatic carbocycles. The predicted octanol–water partition coefficient (Wildman–Crippen LogP) is 12.1. The Bertz CT molecular complexity index is 3200. The summed E-state index contributed by atoms with van der Waals surface area (Å²) >= 11 is -0.177. The van der Waals surface area contributed by atoms with Gasteiger partial charge in [0.05, 0.1) is 0 Å². The van der Waals surface area contributed by atoms with Gasteiger partial charge in [-0.05, 0) is 35.4 Å². The molecule has 2 aromatic heterocycles. The average Bonchev–Trinajstić information content (AvgIpc) is 3.99. The normalized spacial score (nSPS) is 12.2. The van der Waals surface area contributed by atoms with Crippen molar-refractivity contribution in [3.63, 3.8) is 0 Å². The first kappa shape index (κ1) is 33.3. The molecule has 58 heavy (non-hydrogen) atoms. The molecule has 4 heteroatoms. The summed E-state index contributed by atoms with van der Waals surface area (Å²) in [6.07, 6.45) is 0. The molecule has 274 valence electrons. The number of nitrogens with zero attached hydrogens (tertiary/aromatic N) is 1. The summed E-state index contributed by atoms with van der Waals surface area (Å²) in [4.78, 5) is 2.36. The second-order valence-corrected chi connectivity index (χ2v) is 17.6. The molecule has 12 rings (SSSR count). The van der Waals surface area contributed by atoms with Gasteiger partial charge in [-0.2, -0.15) is 0 Å². The van der Waals surface area contributed by atoms with Crippen LogP contribution in [0.5, 0.6) is 0 Å².